The summed E-state index contributed by atoms with van der Waals surface area (Å²) in [5.74, 6) is 1.09. The van der Waals surface area contributed by atoms with Gasteiger partial charge in [-0.25, -0.2) is 9.78 Å². The highest BCUT2D eigenvalue weighted by Crippen LogP contribution is 2.33. The van der Waals surface area contributed by atoms with Crippen LogP contribution in [-0.4, -0.2) is 52.4 Å². The van der Waals surface area contributed by atoms with Crippen molar-refractivity contribution in [1.29, 1.82) is 0 Å². The molecule has 2 aromatic heterocycles. The van der Waals surface area contributed by atoms with Crippen molar-refractivity contribution in [3.05, 3.63) is 34.9 Å². The third kappa shape index (κ3) is 6.88. The minimum atomic E-state index is -1.11. The summed E-state index contributed by atoms with van der Waals surface area (Å²) < 4.78 is 12.9. The molecular formula is C26H38ClN3O5. The maximum Gasteiger partial charge on any atom is 0.405 e. The average Bonchev–Trinajstić information content (AvgIpc) is 3.36. The fourth-order valence-corrected chi connectivity index (χ4v) is 5.22. The van der Waals surface area contributed by atoms with Crippen molar-refractivity contribution in [2.45, 2.75) is 71.9 Å². The number of imidazole rings is 1. The second kappa shape index (κ2) is 12.1. The Kier molecular flexibility index (Phi) is 9.41. The van der Waals surface area contributed by atoms with Gasteiger partial charge in [-0.1, -0.05) is 39.3 Å². The molecule has 35 heavy (non-hydrogen) atoms. The predicted molar refractivity (Wildman–Crippen MR) is 135 cm³/mol. The minimum Gasteiger partial charge on any atom is -0.465 e. The third-order valence-electron chi connectivity index (χ3n) is 7.09. The molecule has 1 aliphatic heterocycles. The number of esters is 1. The first kappa shape index (κ1) is 27.3. The molecule has 0 saturated carbocycles. The zero-order valence-electron chi connectivity index (χ0n) is 21.3. The van der Waals surface area contributed by atoms with E-state index in [9.17, 15) is 14.7 Å². The van der Waals surface area contributed by atoms with Gasteiger partial charge in [0.2, 0.25) is 0 Å². The lowest BCUT2D eigenvalue weighted by molar-refractivity contribution is -0.146. The number of hydrogen-bond donors (Lipinski definition) is 2. The quantitative estimate of drug-likeness (QED) is 0.310. The van der Waals surface area contributed by atoms with Crippen LogP contribution in [-0.2, 0) is 27.1 Å². The number of halogens is 1. The van der Waals surface area contributed by atoms with E-state index < -0.39 is 18.2 Å². The molecule has 4 unspecified atom stereocenters. The summed E-state index contributed by atoms with van der Waals surface area (Å²) in [7, 11) is 1.69. The van der Waals surface area contributed by atoms with E-state index in [4.69, 9.17) is 21.1 Å². The number of carbonyl (C=O) groups excluding carboxylic acids is 1. The summed E-state index contributed by atoms with van der Waals surface area (Å²) in [6.07, 6.45) is 5.77. The van der Waals surface area contributed by atoms with Crippen molar-refractivity contribution in [2.75, 3.05) is 13.7 Å². The van der Waals surface area contributed by atoms with Crippen molar-refractivity contribution in [2.24, 2.45) is 23.7 Å². The lowest BCUT2D eigenvalue weighted by Gasteiger charge is -2.29. The molecule has 1 saturated heterocycles. The molecule has 194 valence electrons. The standard InChI is InChI=1S/C26H38ClN3O5/c1-15(2)18(11-21(29-26(32)33)23-12-19(16(3)4)25(31)35-23)9-17-10-20(27)22-13-28-24(30(22)14-17)7-6-8-34-5/h10,13-16,18-19,21,23,29H,6-9,11-12H2,1-5H3,(H,32,33). The number of pyridine rings is 1. The van der Waals surface area contributed by atoms with Gasteiger partial charge in [0, 0.05) is 26.3 Å². The van der Waals surface area contributed by atoms with E-state index in [0.717, 1.165) is 36.2 Å². The van der Waals surface area contributed by atoms with Gasteiger partial charge in [-0.3, -0.25) is 4.79 Å². The summed E-state index contributed by atoms with van der Waals surface area (Å²) in [6.45, 7) is 8.91. The molecule has 0 bridgehead atoms. The minimum absolute atomic E-state index is 0.151. The van der Waals surface area contributed by atoms with Crippen molar-refractivity contribution < 1.29 is 24.2 Å². The first-order valence-corrected chi connectivity index (χ1v) is 12.8. The monoisotopic (exact) mass is 507 g/mol. The van der Waals surface area contributed by atoms with E-state index in [0.29, 0.717) is 24.5 Å². The van der Waals surface area contributed by atoms with E-state index >= 15 is 0 Å². The number of aryl methyl sites for hydroxylation is 1. The van der Waals surface area contributed by atoms with Crippen LogP contribution in [0.5, 0.6) is 0 Å². The van der Waals surface area contributed by atoms with Crippen molar-refractivity contribution in [3.63, 3.8) is 0 Å². The molecular weight excluding hydrogens is 470 g/mol. The smallest absolute Gasteiger partial charge is 0.405 e. The zero-order chi connectivity index (χ0) is 25.7. The molecule has 8 nitrogen and oxygen atoms in total. The second-order valence-electron chi connectivity index (χ2n) is 10.3. The number of nitrogens with zero attached hydrogens (tertiary/aromatic N) is 2. The zero-order valence-corrected chi connectivity index (χ0v) is 22.0. The van der Waals surface area contributed by atoms with Gasteiger partial charge in [0.15, 0.2) is 0 Å². The molecule has 0 aliphatic carbocycles. The number of cyclic esters (lactones) is 1. The van der Waals surface area contributed by atoms with Crippen LogP contribution in [0.25, 0.3) is 5.52 Å². The number of aromatic nitrogens is 2. The lowest BCUT2D eigenvalue weighted by Crippen LogP contribution is -2.44. The topological polar surface area (TPSA) is 102 Å². The summed E-state index contributed by atoms with van der Waals surface area (Å²) in [4.78, 5) is 28.5. The Morgan fingerprint density at radius 1 is 1.37 bits per heavy atom. The highest BCUT2D eigenvalue weighted by molar-refractivity contribution is 6.33. The maximum absolute atomic E-state index is 12.4. The molecule has 2 aromatic rings. The van der Waals surface area contributed by atoms with E-state index in [1.54, 1.807) is 13.3 Å². The molecule has 3 heterocycles. The van der Waals surface area contributed by atoms with Crippen LogP contribution in [0.1, 0.15) is 58.3 Å². The Balaban J connectivity index is 1.81. The Hall–Kier alpha value is -2.32. The van der Waals surface area contributed by atoms with Gasteiger partial charge < -0.3 is 24.3 Å². The van der Waals surface area contributed by atoms with Crippen molar-refractivity contribution in [1.82, 2.24) is 14.7 Å². The highest BCUT2D eigenvalue weighted by Gasteiger charge is 2.41. The Morgan fingerprint density at radius 3 is 2.71 bits per heavy atom. The number of amides is 1. The van der Waals surface area contributed by atoms with Crippen LogP contribution < -0.4 is 5.32 Å². The number of carbonyl (C=O) groups is 2. The maximum atomic E-state index is 12.4. The number of fused-ring (bicyclic) bond motifs is 1. The van der Waals surface area contributed by atoms with Gasteiger partial charge >= 0.3 is 12.1 Å². The number of carboxylic acid groups (broad SMARTS) is 1. The number of hydrogen-bond acceptors (Lipinski definition) is 5. The predicted octanol–water partition coefficient (Wildman–Crippen LogP) is 5.00. The van der Waals surface area contributed by atoms with Crippen LogP contribution >= 0.6 is 11.6 Å². The molecule has 0 radical (unpaired) electrons. The largest absolute Gasteiger partial charge is 0.465 e. The number of methoxy groups -OCH3 is 1. The molecule has 2 N–H and O–H groups in total. The molecule has 9 heteroatoms. The molecule has 1 fully saturated rings. The summed E-state index contributed by atoms with van der Waals surface area (Å²) in [6, 6.07) is 1.50. The Bertz CT molecular complexity index is 1020. The first-order valence-electron chi connectivity index (χ1n) is 12.4. The third-order valence-corrected chi connectivity index (χ3v) is 7.39. The van der Waals surface area contributed by atoms with E-state index in [2.05, 4.69) is 30.3 Å². The van der Waals surface area contributed by atoms with Crippen LogP contribution in [0.15, 0.2) is 18.5 Å². The Morgan fingerprint density at radius 2 is 2.11 bits per heavy atom. The van der Waals surface area contributed by atoms with Crippen LogP contribution in [0, 0.1) is 23.7 Å². The SMILES string of the molecule is COCCCc1ncc2c(Cl)cc(CC(CC(NC(=O)O)C3CC(C(C)C)C(=O)O3)C(C)C)cn12. The molecule has 3 rings (SSSR count). The van der Waals surface area contributed by atoms with E-state index in [1.165, 1.54) is 0 Å². The van der Waals surface area contributed by atoms with Gasteiger partial charge in [0.25, 0.3) is 0 Å². The fourth-order valence-electron chi connectivity index (χ4n) is 4.94. The molecule has 4 atom stereocenters. The Labute approximate surface area is 212 Å². The first-order chi connectivity index (χ1) is 16.6. The molecule has 1 aliphatic rings. The number of ether oxygens (including phenoxy) is 2. The van der Waals surface area contributed by atoms with Crippen molar-refractivity contribution >= 4 is 29.2 Å². The number of nitrogens with one attached hydrogen (secondary N) is 1. The van der Waals surface area contributed by atoms with Gasteiger partial charge in [-0.05, 0) is 55.1 Å². The van der Waals surface area contributed by atoms with Gasteiger partial charge in [-0.2, -0.15) is 0 Å². The van der Waals surface area contributed by atoms with Crippen LogP contribution in [0.4, 0.5) is 4.79 Å². The van der Waals surface area contributed by atoms with E-state index in [-0.39, 0.29) is 29.6 Å². The lowest BCUT2D eigenvalue weighted by atomic mass is 9.82. The fraction of sp³-hybridized carbons (Fsp3) is 0.654. The van der Waals surface area contributed by atoms with Gasteiger partial charge in [-0.15, -0.1) is 0 Å². The average molecular weight is 508 g/mol. The summed E-state index contributed by atoms with van der Waals surface area (Å²) >= 11 is 6.61. The molecule has 1 amide bonds. The number of rotatable bonds is 12. The van der Waals surface area contributed by atoms with Gasteiger partial charge in [0.1, 0.15) is 11.9 Å². The van der Waals surface area contributed by atoms with E-state index in [1.807, 2.05) is 24.3 Å². The highest BCUT2D eigenvalue weighted by atomic mass is 35.5. The molecule has 0 spiro atoms. The van der Waals surface area contributed by atoms with Gasteiger partial charge in [0.05, 0.1) is 28.7 Å². The normalized spacial score (nSPS) is 19.9. The molecule has 0 aromatic carbocycles. The van der Waals surface area contributed by atoms with Crippen molar-refractivity contribution in [3.8, 4) is 0 Å². The second-order valence-corrected chi connectivity index (χ2v) is 10.7. The summed E-state index contributed by atoms with van der Waals surface area (Å²) in [5.41, 5.74) is 1.93. The summed E-state index contributed by atoms with van der Waals surface area (Å²) in [5, 5.41) is 12.8. The van der Waals surface area contributed by atoms with Crippen LogP contribution in [0.2, 0.25) is 5.02 Å². The van der Waals surface area contributed by atoms with Crippen LogP contribution in [0.3, 0.4) is 0 Å².